The molecule has 0 spiro atoms. The summed E-state index contributed by atoms with van der Waals surface area (Å²) in [5.41, 5.74) is 8.45. The summed E-state index contributed by atoms with van der Waals surface area (Å²) in [5, 5.41) is 0. The molecule has 1 aliphatic heterocycles. The highest BCUT2D eigenvalue weighted by atomic mass is 16.1. The summed E-state index contributed by atoms with van der Waals surface area (Å²) in [6, 6.07) is 7.75. The topological polar surface area (TPSA) is 55.5 Å². The molecule has 0 fully saturated rings. The second-order valence-corrected chi connectivity index (χ2v) is 4.54. The molecule has 3 heteroatoms. The average molecular weight is 242 g/mol. The molecule has 0 saturated heterocycles. The molecule has 1 aliphatic rings. The quantitative estimate of drug-likeness (QED) is 0.881. The number of hydrogen-bond acceptors (Lipinski definition) is 3. The number of para-hydroxylation sites is 1. The summed E-state index contributed by atoms with van der Waals surface area (Å²) in [7, 11) is 0. The van der Waals surface area contributed by atoms with Crippen LogP contribution in [0.25, 0.3) is 6.08 Å². The number of hydrogen-bond donors (Lipinski definition) is 1. The maximum Gasteiger partial charge on any atom is 0.159 e. The fourth-order valence-corrected chi connectivity index (χ4v) is 2.02. The Kier molecular flexibility index (Phi) is 3.92. The minimum absolute atomic E-state index is 0.187. The zero-order valence-electron chi connectivity index (χ0n) is 10.6. The number of nitrogens with two attached hydrogens (primary N) is 1. The van der Waals surface area contributed by atoms with Gasteiger partial charge in [-0.3, -0.25) is 4.79 Å². The molecule has 18 heavy (non-hydrogen) atoms. The zero-order chi connectivity index (χ0) is 13.0. The number of nitrogens with zero attached hydrogens (tertiary/aromatic N) is 1. The third-order valence-corrected chi connectivity index (χ3v) is 3.02. The fourth-order valence-electron chi connectivity index (χ4n) is 2.02. The summed E-state index contributed by atoms with van der Waals surface area (Å²) in [6.45, 7) is 2.08. The lowest BCUT2D eigenvalue weighted by Gasteiger charge is -2.04. The molecule has 0 aromatic heterocycles. The Balaban J connectivity index is 2.31. The van der Waals surface area contributed by atoms with Gasteiger partial charge in [0.05, 0.1) is 5.69 Å². The van der Waals surface area contributed by atoms with Gasteiger partial charge in [0.25, 0.3) is 0 Å². The van der Waals surface area contributed by atoms with Gasteiger partial charge in [-0.05, 0) is 18.6 Å². The van der Waals surface area contributed by atoms with Crippen LogP contribution >= 0.6 is 0 Å². The third kappa shape index (κ3) is 2.86. The van der Waals surface area contributed by atoms with Crippen LogP contribution in [0.1, 0.15) is 38.2 Å². The van der Waals surface area contributed by atoms with Crippen molar-refractivity contribution < 1.29 is 4.79 Å². The minimum atomic E-state index is 0.187. The highest BCUT2D eigenvalue weighted by Gasteiger charge is 2.15. The summed E-state index contributed by atoms with van der Waals surface area (Å²) in [5.74, 6) is 0.697. The second kappa shape index (κ2) is 5.63. The van der Waals surface area contributed by atoms with E-state index in [4.69, 9.17) is 5.73 Å². The van der Waals surface area contributed by atoms with E-state index in [0.717, 1.165) is 29.7 Å². The Labute approximate surface area is 107 Å². The number of aliphatic imine (C=N–C) groups is 1. The number of unbranched alkanes of at least 4 members (excludes halogenated alkanes) is 1. The molecule has 2 rings (SSSR count). The number of rotatable bonds is 4. The molecule has 94 valence electrons. The lowest BCUT2D eigenvalue weighted by molar-refractivity contribution is -0.115. The average Bonchev–Trinajstić information content (AvgIpc) is 2.53. The summed E-state index contributed by atoms with van der Waals surface area (Å²) >= 11 is 0. The SMILES string of the molecule is CCCCC(=O)C1=Cc2ccccc2N=C(N)C1. The Morgan fingerprint density at radius 3 is 2.94 bits per heavy atom. The number of fused-ring (bicyclic) bond motifs is 1. The molecule has 0 aliphatic carbocycles. The molecule has 0 unspecified atom stereocenters. The van der Waals surface area contributed by atoms with Crippen molar-refractivity contribution in [2.75, 3.05) is 0 Å². The van der Waals surface area contributed by atoms with Crippen molar-refractivity contribution in [2.24, 2.45) is 10.7 Å². The van der Waals surface area contributed by atoms with Gasteiger partial charge >= 0.3 is 0 Å². The first kappa shape index (κ1) is 12.6. The van der Waals surface area contributed by atoms with Gasteiger partial charge in [-0.2, -0.15) is 0 Å². The fraction of sp³-hybridized carbons (Fsp3) is 0.333. The van der Waals surface area contributed by atoms with Crippen LogP contribution in [0.3, 0.4) is 0 Å². The van der Waals surface area contributed by atoms with Crippen LogP contribution in [0.4, 0.5) is 5.69 Å². The molecule has 0 bridgehead atoms. The van der Waals surface area contributed by atoms with E-state index in [2.05, 4.69) is 11.9 Å². The Bertz CT molecular complexity index is 515. The predicted octanol–water partition coefficient (Wildman–Crippen LogP) is 3.22. The molecule has 0 radical (unpaired) electrons. The first-order valence-corrected chi connectivity index (χ1v) is 6.36. The largest absolute Gasteiger partial charge is 0.387 e. The van der Waals surface area contributed by atoms with Crippen LogP contribution in [0.2, 0.25) is 0 Å². The molecule has 0 amide bonds. The minimum Gasteiger partial charge on any atom is -0.387 e. The zero-order valence-corrected chi connectivity index (χ0v) is 10.6. The smallest absolute Gasteiger partial charge is 0.159 e. The number of amidine groups is 1. The number of benzene rings is 1. The Morgan fingerprint density at radius 2 is 2.17 bits per heavy atom. The van der Waals surface area contributed by atoms with Crippen molar-refractivity contribution in [3.05, 3.63) is 35.4 Å². The second-order valence-electron chi connectivity index (χ2n) is 4.54. The lowest BCUT2D eigenvalue weighted by atomic mass is 10.0. The van der Waals surface area contributed by atoms with Crippen molar-refractivity contribution in [3.63, 3.8) is 0 Å². The molecule has 3 nitrogen and oxygen atoms in total. The van der Waals surface area contributed by atoms with Gasteiger partial charge in [0.2, 0.25) is 0 Å². The molecule has 1 aromatic carbocycles. The van der Waals surface area contributed by atoms with Gasteiger partial charge in [-0.25, -0.2) is 4.99 Å². The van der Waals surface area contributed by atoms with Gasteiger partial charge in [0.15, 0.2) is 5.78 Å². The monoisotopic (exact) mass is 242 g/mol. The third-order valence-electron chi connectivity index (χ3n) is 3.02. The van der Waals surface area contributed by atoms with E-state index in [9.17, 15) is 4.79 Å². The summed E-state index contributed by atoms with van der Waals surface area (Å²) in [6.07, 6.45) is 4.93. The van der Waals surface area contributed by atoms with Crippen molar-refractivity contribution in [1.82, 2.24) is 0 Å². The molecular weight excluding hydrogens is 224 g/mol. The van der Waals surface area contributed by atoms with Gasteiger partial charge in [-0.15, -0.1) is 0 Å². The highest BCUT2D eigenvalue weighted by molar-refractivity contribution is 6.06. The van der Waals surface area contributed by atoms with Crippen LogP contribution in [-0.2, 0) is 4.79 Å². The van der Waals surface area contributed by atoms with Gasteiger partial charge < -0.3 is 5.73 Å². The molecular formula is C15H18N2O. The van der Waals surface area contributed by atoms with Crippen molar-refractivity contribution in [3.8, 4) is 0 Å². The van der Waals surface area contributed by atoms with E-state index in [1.54, 1.807) is 0 Å². The van der Waals surface area contributed by atoms with Gasteiger partial charge in [0.1, 0.15) is 5.84 Å². The van der Waals surface area contributed by atoms with E-state index in [-0.39, 0.29) is 5.78 Å². The lowest BCUT2D eigenvalue weighted by Crippen LogP contribution is -2.14. The van der Waals surface area contributed by atoms with E-state index in [1.165, 1.54) is 0 Å². The highest BCUT2D eigenvalue weighted by Crippen LogP contribution is 2.26. The normalized spacial score (nSPS) is 14.3. The van der Waals surface area contributed by atoms with Crippen LogP contribution < -0.4 is 5.73 Å². The van der Waals surface area contributed by atoms with E-state index >= 15 is 0 Å². The standard InChI is InChI=1S/C15H18N2O/c1-2-3-8-14(18)12-9-11-6-4-5-7-13(11)17-15(16)10-12/h4-7,9H,2-3,8,10H2,1H3,(H2,16,17). The van der Waals surface area contributed by atoms with Crippen LogP contribution in [0.15, 0.2) is 34.8 Å². The first-order chi connectivity index (χ1) is 8.70. The van der Waals surface area contributed by atoms with Crippen LogP contribution in [0, 0.1) is 0 Å². The number of carbonyl (C=O) groups is 1. The van der Waals surface area contributed by atoms with Crippen molar-refractivity contribution in [1.29, 1.82) is 0 Å². The van der Waals surface area contributed by atoms with Crippen molar-refractivity contribution in [2.45, 2.75) is 32.6 Å². The molecule has 2 N–H and O–H groups in total. The van der Waals surface area contributed by atoms with E-state index in [0.29, 0.717) is 18.7 Å². The van der Waals surface area contributed by atoms with Crippen LogP contribution in [0.5, 0.6) is 0 Å². The predicted molar refractivity (Wildman–Crippen MR) is 74.9 cm³/mol. The number of Topliss-reactive ketones (excluding diaryl/α,β-unsaturated/α-hetero) is 1. The Morgan fingerprint density at radius 1 is 1.39 bits per heavy atom. The molecule has 0 atom stereocenters. The number of ketones is 1. The van der Waals surface area contributed by atoms with E-state index < -0.39 is 0 Å². The maximum absolute atomic E-state index is 12.1. The molecule has 1 aromatic rings. The van der Waals surface area contributed by atoms with Crippen LogP contribution in [-0.4, -0.2) is 11.6 Å². The van der Waals surface area contributed by atoms with E-state index in [1.807, 2.05) is 30.3 Å². The first-order valence-electron chi connectivity index (χ1n) is 6.36. The molecule has 0 saturated carbocycles. The Hall–Kier alpha value is -1.90. The van der Waals surface area contributed by atoms with Gasteiger partial charge in [-0.1, -0.05) is 31.5 Å². The van der Waals surface area contributed by atoms with Crippen molar-refractivity contribution >= 4 is 23.4 Å². The molecule has 1 heterocycles. The number of carbonyl (C=O) groups excluding carboxylic acids is 1. The maximum atomic E-state index is 12.1. The van der Waals surface area contributed by atoms with Gasteiger partial charge in [0, 0.05) is 24.0 Å². The summed E-state index contributed by atoms with van der Waals surface area (Å²) < 4.78 is 0. The summed E-state index contributed by atoms with van der Waals surface area (Å²) in [4.78, 5) is 16.4.